The van der Waals surface area contributed by atoms with Crippen molar-refractivity contribution in [2.75, 3.05) is 39.9 Å². The van der Waals surface area contributed by atoms with Crippen LogP contribution in [0.15, 0.2) is 30.3 Å². The molecule has 2 saturated carbocycles. The van der Waals surface area contributed by atoms with E-state index in [1.165, 1.54) is 24.8 Å². The van der Waals surface area contributed by atoms with Gasteiger partial charge in [0, 0.05) is 44.4 Å². The first-order valence-corrected chi connectivity index (χ1v) is 13.6. The van der Waals surface area contributed by atoms with Crippen molar-refractivity contribution in [2.45, 2.75) is 63.5 Å². The molecular weight excluding hydrogens is 456 g/mol. The lowest BCUT2D eigenvalue weighted by atomic mass is 9.81. The molecule has 0 radical (unpaired) electrons. The summed E-state index contributed by atoms with van der Waals surface area (Å²) in [7, 11) is 2.02. The molecule has 3 N–H and O–H groups in total. The summed E-state index contributed by atoms with van der Waals surface area (Å²) in [6.45, 7) is 3.63. The van der Waals surface area contributed by atoms with E-state index in [9.17, 15) is 14.4 Å². The van der Waals surface area contributed by atoms with E-state index in [-0.39, 0.29) is 24.2 Å². The van der Waals surface area contributed by atoms with Crippen LogP contribution in [0.25, 0.3) is 0 Å². The van der Waals surface area contributed by atoms with Crippen molar-refractivity contribution in [3.8, 4) is 0 Å². The van der Waals surface area contributed by atoms with Crippen molar-refractivity contribution in [1.29, 1.82) is 0 Å². The van der Waals surface area contributed by atoms with Gasteiger partial charge in [-0.05, 0) is 31.4 Å². The van der Waals surface area contributed by atoms with Gasteiger partial charge in [0.15, 0.2) is 0 Å². The maximum Gasteiger partial charge on any atom is 0.243 e. The van der Waals surface area contributed by atoms with Gasteiger partial charge >= 0.3 is 0 Å². The zero-order chi connectivity index (χ0) is 25.5. The van der Waals surface area contributed by atoms with Gasteiger partial charge in [-0.15, -0.1) is 0 Å². The van der Waals surface area contributed by atoms with E-state index < -0.39 is 17.4 Å². The Morgan fingerprint density at radius 1 is 1.14 bits per heavy atom. The molecule has 4 rings (SSSR count). The zero-order valence-corrected chi connectivity index (χ0v) is 21.6. The second-order valence-electron chi connectivity index (χ2n) is 11.0. The minimum atomic E-state index is -1.02. The van der Waals surface area contributed by atoms with E-state index in [1.54, 1.807) is 4.90 Å². The predicted molar refractivity (Wildman–Crippen MR) is 138 cm³/mol. The van der Waals surface area contributed by atoms with E-state index in [0.717, 1.165) is 19.4 Å². The topological polar surface area (TPSA) is 105 Å². The largest absolute Gasteiger partial charge is 0.378 e. The molecular formula is C28H42N4O4. The Kier molecular flexibility index (Phi) is 9.01. The van der Waals surface area contributed by atoms with Crippen molar-refractivity contribution >= 4 is 17.7 Å². The van der Waals surface area contributed by atoms with Gasteiger partial charge in [0.2, 0.25) is 17.7 Å². The highest BCUT2D eigenvalue weighted by Gasteiger charge is 2.60. The average Bonchev–Trinajstić information content (AvgIpc) is 3.58. The van der Waals surface area contributed by atoms with Crippen LogP contribution in [-0.4, -0.2) is 73.0 Å². The molecule has 0 aromatic heterocycles. The van der Waals surface area contributed by atoms with Crippen LogP contribution < -0.4 is 11.1 Å². The quantitative estimate of drug-likeness (QED) is 0.487. The molecule has 1 heterocycles. The SMILES string of the molecule is CN(Cc1ccccc1)CC1CC1(NC(=O)C(CC(=O)N1CCOCC1)CC1CCCCC1)C(N)=O. The molecule has 2 aliphatic carbocycles. The van der Waals surface area contributed by atoms with Crippen LogP contribution in [0.1, 0.15) is 56.9 Å². The molecule has 1 aromatic rings. The Balaban J connectivity index is 1.39. The number of benzene rings is 1. The smallest absolute Gasteiger partial charge is 0.243 e. The summed E-state index contributed by atoms with van der Waals surface area (Å²) in [5.74, 6) is -0.708. The Morgan fingerprint density at radius 2 is 1.83 bits per heavy atom. The minimum absolute atomic E-state index is 0.00248. The summed E-state index contributed by atoms with van der Waals surface area (Å²) in [6.07, 6.45) is 7.20. The monoisotopic (exact) mass is 498 g/mol. The highest BCUT2D eigenvalue weighted by Crippen LogP contribution is 2.44. The van der Waals surface area contributed by atoms with Crippen molar-refractivity contribution in [3.05, 3.63) is 35.9 Å². The van der Waals surface area contributed by atoms with Crippen LogP contribution in [-0.2, 0) is 25.7 Å². The third-order valence-electron chi connectivity index (χ3n) is 8.22. The maximum atomic E-state index is 13.6. The molecule has 36 heavy (non-hydrogen) atoms. The number of nitrogens with zero attached hydrogens (tertiary/aromatic N) is 2. The van der Waals surface area contributed by atoms with Crippen LogP contribution in [0, 0.1) is 17.8 Å². The Bertz CT molecular complexity index is 898. The molecule has 3 amide bonds. The minimum Gasteiger partial charge on any atom is -0.378 e. The van der Waals surface area contributed by atoms with E-state index in [1.807, 2.05) is 25.2 Å². The van der Waals surface area contributed by atoms with E-state index in [0.29, 0.717) is 51.6 Å². The van der Waals surface area contributed by atoms with Gasteiger partial charge in [0.25, 0.3) is 0 Å². The van der Waals surface area contributed by atoms with Gasteiger partial charge in [0.1, 0.15) is 5.54 Å². The predicted octanol–water partition coefficient (Wildman–Crippen LogP) is 2.31. The number of rotatable bonds is 11. The second-order valence-corrected chi connectivity index (χ2v) is 11.0. The van der Waals surface area contributed by atoms with Crippen molar-refractivity contribution in [1.82, 2.24) is 15.1 Å². The van der Waals surface area contributed by atoms with E-state index in [4.69, 9.17) is 10.5 Å². The number of carbonyl (C=O) groups excluding carboxylic acids is 3. The van der Waals surface area contributed by atoms with Gasteiger partial charge in [-0.1, -0.05) is 62.4 Å². The van der Waals surface area contributed by atoms with Crippen LogP contribution in [0.2, 0.25) is 0 Å². The van der Waals surface area contributed by atoms with Gasteiger partial charge in [-0.2, -0.15) is 0 Å². The first-order valence-electron chi connectivity index (χ1n) is 13.6. The molecule has 8 heteroatoms. The third-order valence-corrected chi connectivity index (χ3v) is 8.22. The van der Waals surface area contributed by atoms with Gasteiger partial charge < -0.3 is 25.6 Å². The lowest BCUT2D eigenvalue weighted by Gasteiger charge is -2.31. The number of carbonyl (C=O) groups is 3. The molecule has 3 atom stereocenters. The summed E-state index contributed by atoms with van der Waals surface area (Å²) in [5, 5.41) is 3.05. The molecule has 0 spiro atoms. The highest BCUT2D eigenvalue weighted by molar-refractivity contribution is 5.95. The van der Waals surface area contributed by atoms with Crippen LogP contribution in [0.5, 0.6) is 0 Å². The van der Waals surface area contributed by atoms with Crippen molar-refractivity contribution < 1.29 is 19.1 Å². The normalized spacial score (nSPS) is 25.4. The first kappa shape index (κ1) is 26.6. The zero-order valence-electron chi connectivity index (χ0n) is 21.6. The summed E-state index contributed by atoms with van der Waals surface area (Å²) < 4.78 is 5.38. The molecule has 1 aromatic carbocycles. The highest BCUT2D eigenvalue weighted by atomic mass is 16.5. The van der Waals surface area contributed by atoms with Crippen LogP contribution in [0.3, 0.4) is 0 Å². The fourth-order valence-corrected chi connectivity index (χ4v) is 5.99. The molecule has 8 nitrogen and oxygen atoms in total. The van der Waals surface area contributed by atoms with Gasteiger partial charge in [0.05, 0.1) is 13.2 Å². The van der Waals surface area contributed by atoms with Gasteiger partial charge in [-0.25, -0.2) is 0 Å². The number of hydrogen-bond donors (Lipinski definition) is 2. The number of amides is 3. The summed E-state index contributed by atoms with van der Waals surface area (Å²) in [4.78, 5) is 43.1. The first-order chi connectivity index (χ1) is 17.4. The summed E-state index contributed by atoms with van der Waals surface area (Å²) in [5.41, 5.74) is 6.02. The Labute approximate surface area is 214 Å². The molecule has 3 aliphatic rings. The molecule has 1 aliphatic heterocycles. The van der Waals surface area contributed by atoms with Gasteiger partial charge in [-0.3, -0.25) is 14.4 Å². The number of nitrogens with one attached hydrogen (secondary N) is 1. The maximum absolute atomic E-state index is 13.6. The summed E-state index contributed by atoms with van der Waals surface area (Å²) >= 11 is 0. The average molecular weight is 499 g/mol. The third kappa shape index (κ3) is 6.85. The number of ether oxygens (including phenoxy) is 1. The number of primary amides is 1. The van der Waals surface area contributed by atoms with E-state index in [2.05, 4.69) is 22.3 Å². The number of hydrogen-bond acceptors (Lipinski definition) is 5. The number of morpholine rings is 1. The molecule has 198 valence electrons. The van der Waals surface area contributed by atoms with Crippen molar-refractivity contribution in [2.24, 2.45) is 23.5 Å². The molecule has 3 unspecified atom stereocenters. The number of nitrogens with two attached hydrogens (primary N) is 1. The Hall–Kier alpha value is -2.45. The summed E-state index contributed by atoms with van der Waals surface area (Å²) in [6, 6.07) is 10.2. The van der Waals surface area contributed by atoms with Crippen LogP contribution >= 0.6 is 0 Å². The standard InChI is InChI=1S/C28H42N4O4/c1-31(19-22-10-6-3-7-11-22)20-24-18-28(24,27(29)35)30-26(34)23(16-21-8-4-2-5-9-21)17-25(33)32-12-14-36-15-13-32/h3,6-7,10-11,21,23-24H,2,4-5,8-9,12-20H2,1H3,(H2,29,35)(H,30,34). The Morgan fingerprint density at radius 3 is 2.50 bits per heavy atom. The van der Waals surface area contributed by atoms with Crippen LogP contribution in [0.4, 0.5) is 0 Å². The lowest BCUT2D eigenvalue weighted by molar-refractivity contribution is -0.140. The second kappa shape index (κ2) is 12.2. The molecule has 1 saturated heterocycles. The fraction of sp³-hybridized carbons (Fsp3) is 0.679. The molecule has 3 fully saturated rings. The van der Waals surface area contributed by atoms with E-state index >= 15 is 0 Å². The van der Waals surface area contributed by atoms with Crippen molar-refractivity contribution in [3.63, 3.8) is 0 Å². The fourth-order valence-electron chi connectivity index (χ4n) is 5.99. The molecule has 0 bridgehead atoms. The lowest BCUT2D eigenvalue weighted by Crippen LogP contribution is -2.52.